The van der Waals surface area contributed by atoms with E-state index in [2.05, 4.69) is 15.2 Å². The molecule has 0 aliphatic carbocycles. The highest BCUT2D eigenvalue weighted by Crippen LogP contribution is 2.36. The Kier molecular flexibility index (Phi) is 8.00. The number of sulfonamides is 1. The zero-order chi connectivity index (χ0) is 28.4. The average molecular weight is 597 g/mol. The van der Waals surface area contributed by atoms with E-state index in [0.717, 1.165) is 11.1 Å². The lowest BCUT2D eigenvalue weighted by atomic mass is 9.93. The van der Waals surface area contributed by atoms with Gasteiger partial charge in [-0.3, -0.25) is 14.0 Å². The van der Waals surface area contributed by atoms with Crippen molar-refractivity contribution in [3.63, 3.8) is 0 Å². The summed E-state index contributed by atoms with van der Waals surface area (Å²) in [7, 11) is -3.66. The number of carbonyl (C=O) groups excluding carboxylic acids is 1. The van der Waals surface area contributed by atoms with Crippen LogP contribution in [0.1, 0.15) is 27.5 Å². The summed E-state index contributed by atoms with van der Waals surface area (Å²) in [6.45, 7) is 0.965. The van der Waals surface area contributed by atoms with Gasteiger partial charge in [0.15, 0.2) is 0 Å². The van der Waals surface area contributed by atoms with E-state index >= 15 is 0 Å². The number of hydrogen-bond acceptors (Lipinski definition) is 6. The first-order valence-electron chi connectivity index (χ1n) is 12.5. The molecule has 1 aromatic heterocycles. The summed E-state index contributed by atoms with van der Waals surface area (Å²) in [5.41, 5.74) is 8.90. The number of carbonyl (C=O) groups is 1. The monoisotopic (exact) mass is 595 g/mol. The van der Waals surface area contributed by atoms with Crippen molar-refractivity contribution in [2.75, 3.05) is 34.7 Å². The van der Waals surface area contributed by atoms with E-state index in [0.29, 0.717) is 45.9 Å². The van der Waals surface area contributed by atoms with E-state index in [-0.39, 0.29) is 18.0 Å². The fraction of sp³-hybridized carbons (Fsp3) is 0.172. The highest BCUT2D eigenvalue weighted by molar-refractivity contribution is 7.92. The molecule has 5 rings (SSSR count). The molecular weight excluding hydrogens is 569 g/mol. The molecule has 40 heavy (non-hydrogen) atoms. The van der Waals surface area contributed by atoms with Crippen LogP contribution in [0.5, 0.6) is 0 Å². The normalized spacial score (nSPS) is 14.1. The summed E-state index contributed by atoms with van der Waals surface area (Å²) in [6, 6.07) is 24.7. The summed E-state index contributed by atoms with van der Waals surface area (Å²) in [5.74, 6) is -0.0460. The first kappa shape index (κ1) is 27.9. The minimum atomic E-state index is -3.66. The van der Waals surface area contributed by atoms with E-state index in [4.69, 9.17) is 28.9 Å². The van der Waals surface area contributed by atoms with Crippen LogP contribution in [0.15, 0.2) is 91.1 Å². The largest absolute Gasteiger partial charge is 0.384 e. The fourth-order valence-corrected chi connectivity index (χ4v) is 6.31. The molecule has 0 bridgehead atoms. The van der Waals surface area contributed by atoms with Crippen LogP contribution >= 0.6 is 23.2 Å². The number of rotatable bonds is 8. The second-order valence-corrected chi connectivity index (χ2v) is 12.4. The minimum Gasteiger partial charge on any atom is -0.384 e. The Hall–Kier alpha value is -3.63. The number of nitrogens with zero attached hydrogens (tertiary/aromatic N) is 3. The Balaban J connectivity index is 1.39. The van der Waals surface area contributed by atoms with Crippen molar-refractivity contribution in [3.05, 3.63) is 118 Å². The maximum atomic E-state index is 13.0. The van der Waals surface area contributed by atoms with E-state index in [9.17, 15) is 13.2 Å². The summed E-state index contributed by atoms with van der Waals surface area (Å²) in [5, 5.41) is 4.04. The molecule has 2 heterocycles. The van der Waals surface area contributed by atoms with Gasteiger partial charge < -0.3 is 11.1 Å². The van der Waals surface area contributed by atoms with Gasteiger partial charge in [-0.05, 0) is 65.7 Å². The number of benzene rings is 3. The number of pyridine rings is 1. The average Bonchev–Trinajstić information content (AvgIpc) is 2.90. The van der Waals surface area contributed by atoms with Crippen LogP contribution in [-0.4, -0.2) is 49.6 Å². The van der Waals surface area contributed by atoms with Crippen molar-refractivity contribution in [1.29, 1.82) is 0 Å². The predicted octanol–water partition coefficient (Wildman–Crippen LogP) is 5.46. The topological polar surface area (TPSA) is 109 Å². The molecule has 1 saturated heterocycles. The molecule has 0 saturated carbocycles. The summed E-state index contributed by atoms with van der Waals surface area (Å²) in [4.78, 5) is 19.1. The molecule has 1 aliphatic heterocycles. The Morgan fingerprint density at radius 2 is 1.57 bits per heavy atom. The zero-order valence-electron chi connectivity index (χ0n) is 21.5. The van der Waals surface area contributed by atoms with Crippen molar-refractivity contribution >= 4 is 56.3 Å². The van der Waals surface area contributed by atoms with Gasteiger partial charge in [0.1, 0.15) is 5.82 Å². The van der Waals surface area contributed by atoms with E-state index < -0.39 is 10.0 Å². The summed E-state index contributed by atoms with van der Waals surface area (Å²) >= 11 is 12.3. The number of halogens is 2. The van der Waals surface area contributed by atoms with E-state index in [1.165, 1.54) is 16.8 Å². The molecule has 0 unspecified atom stereocenters. The second kappa shape index (κ2) is 11.5. The highest BCUT2D eigenvalue weighted by Gasteiger charge is 2.40. The van der Waals surface area contributed by atoms with Crippen LogP contribution in [0.25, 0.3) is 0 Å². The van der Waals surface area contributed by atoms with Crippen LogP contribution in [-0.2, 0) is 10.0 Å². The van der Waals surface area contributed by atoms with Crippen LogP contribution < -0.4 is 15.4 Å². The van der Waals surface area contributed by atoms with Gasteiger partial charge in [-0.25, -0.2) is 13.4 Å². The van der Waals surface area contributed by atoms with Crippen LogP contribution in [0, 0.1) is 0 Å². The molecule has 3 N–H and O–H groups in total. The van der Waals surface area contributed by atoms with Crippen LogP contribution in [0.2, 0.25) is 10.0 Å². The molecule has 1 fully saturated rings. The third-order valence-electron chi connectivity index (χ3n) is 6.72. The molecule has 11 heteroatoms. The minimum absolute atomic E-state index is 0.113. The third-order valence-corrected chi connectivity index (χ3v) is 8.45. The number of nitrogen functional groups attached to an aromatic ring is 1. The van der Waals surface area contributed by atoms with Crippen LogP contribution in [0.4, 0.5) is 17.2 Å². The van der Waals surface area contributed by atoms with Crippen molar-refractivity contribution in [1.82, 2.24) is 9.88 Å². The van der Waals surface area contributed by atoms with Gasteiger partial charge in [0.05, 0.1) is 35.9 Å². The van der Waals surface area contributed by atoms with Gasteiger partial charge in [0.2, 0.25) is 10.0 Å². The van der Waals surface area contributed by atoms with Gasteiger partial charge in [0.25, 0.3) is 5.91 Å². The molecule has 0 atom stereocenters. The number of aromatic nitrogens is 1. The lowest BCUT2D eigenvalue weighted by Crippen LogP contribution is -2.61. The van der Waals surface area contributed by atoms with Crippen molar-refractivity contribution in [3.8, 4) is 0 Å². The zero-order valence-corrected chi connectivity index (χ0v) is 23.9. The lowest BCUT2D eigenvalue weighted by molar-refractivity contribution is 0.102. The molecule has 1 amide bonds. The molecule has 206 valence electrons. The number of nitrogens with one attached hydrogen (secondary N) is 1. The predicted molar refractivity (Wildman–Crippen MR) is 160 cm³/mol. The first-order chi connectivity index (χ1) is 19.1. The smallest absolute Gasteiger partial charge is 0.255 e. The third kappa shape index (κ3) is 6.23. The Morgan fingerprint density at radius 3 is 2.10 bits per heavy atom. The standard InChI is InChI=1S/C29H27Cl2N5O3S/c1-40(38,39)36(25-4-2-3-21(15-25)29(37)34-24-13-14-27(32)33-16-24)26-17-35(18-26)28(19-5-9-22(30)10-6-19)20-7-11-23(31)12-8-20/h2-16,26,28H,17-18H2,1H3,(H2,32,33)(H,34,37). The SMILES string of the molecule is CS(=O)(=O)N(c1cccc(C(=O)Nc2ccc(N)nc2)c1)C1CN(C(c2ccc(Cl)cc2)c2ccc(Cl)cc2)C1. The number of likely N-dealkylation sites (tertiary alicyclic amines) is 1. The second-order valence-electron chi connectivity index (χ2n) is 9.65. The Bertz CT molecular complexity index is 1560. The number of nitrogens with two attached hydrogens (primary N) is 1. The number of amides is 1. The Morgan fingerprint density at radius 1 is 0.975 bits per heavy atom. The van der Waals surface area contributed by atoms with Gasteiger partial charge in [-0.1, -0.05) is 53.5 Å². The van der Waals surface area contributed by atoms with Crippen LogP contribution in [0.3, 0.4) is 0 Å². The highest BCUT2D eigenvalue weighted by atomic mass is 35.5. The number of anilines is 3. The maximum Gasteiger partial charge on any atom is 0.255 e. The van der Waals surface area contributed by atoms with E-state index in [1.807, 2.05) is 48.5 Å². The van der Waals surface area contributed by atoms with E-state index in [1.54, 1.807) is 36.4 Å². The van der Waals surface area contributed by atoms with Gasteiger partial charge in [0, 0.05) is 28.7 Å². The van der Waals surface area contributed by atoms with Gasteiger partial charge in [-0.15, -0.1) is 0 Å². The van der Waals surface area contributed by atoms with Crippen molar-refractivity contribution in [2.45, 2.75) is 12.1 Å². The fourth-order valence-electron chi connectivity index (χ4n) is 4.89. The van der Waals surface area contributed by atoms with Gasteiger partial charge >= 0.3 is 0 Å². The first-order valence-corrected chi connectivity index (χ1v) is 15.1. The Labute approximate surface area is 243 Å². The molecule has 1 aliphatic rings. The van der Waals surface area contributed by atoms with Crippen molar-refractivity contribution in [2.24, 2.45) is 0 Å². The molecule has 3 aromatic carbocycles. The summed E-state index contributed by atoms with van der Waals surface area (Å²) in [6.07, 6.45) is 2.64. The molecular formula is C29H27Cl2N5O3S. The number of hydrogen-bond donors (Lipinski definition) is 2. The lowest BCUT2D eigenvalue weighted by Gasteiger charge is -2.48. The maximum absolute atomic E-state index is 13.0. The molecule has 0 spiro atoms. The molecule has 0 radical (unpaired) electrons. The molecule has 4 aromatic rings. The summed E-state index contributed by atoms with van der Waals surface area (Å²) < 4.78 is 27.4. The quantitative estimate of drug-likeness (QED) is 0.280. The van der Waals surface area contributed by atoms with Gasteiger partial charge in [-0.2, -0.15) is 0 Å². The molecule has 8 nitrogen and oxygen atoms in total. The van der Waals surface area contributed by atoms with Crippen molar-refractivity contribution < 1.29 is 13.2 Å².